The van der Waals surface area contributed by atoms with E-state index in [0.29, 0.717) is 10.6 Å². The smallest absolute Gasteiger partial charge is 0.205 e. The van der Waals surface area contributed by atoms with Gasteiger partial charge in [0, 0.05) is 12.1 Å². The summed E-state index contributed by atoms with van der Waals surface area (Å²) in [5.41, 5.74) is 0.499. The first-order valence-electron chi connectivity index (χ1n) is 4.63. The van der Waals surface area contributed by atoms with Crippen LogP contribution in [0.4, 0.5) is 9.52 Å². The van der Waals surface area contributed by atoms with Gasteiger partial charge in [0.1, 0.15) is 5.82 Å². The number of benzene rings is 1. The molecule has 3 nitrogen and oxygen atoms in total. The number of halogens is 1. The van der Waals surface area contributed by atoms with E-state index in [-0.39, 0.29) is 5.82 Å². The molecule has 15 heavy (non-hydrogen) atoms. The van der Waals surface area contributed by atoms with Gasteiger partial charge >= 0.3 is 0 Å². The lowest BCUT2D eigenvalue weighted by Crippen LogP contribution is -1.94. The Kier molecular flexibility index (Phi) is 2.91. The van der Waals surface area contributed by atoms with Crippen LogP contribution < -0.4 is 5.32 Å². The van der Waals surface area contributed by atoms with Gasteiger partial charge in [0.05, 0.1) is 0 Å². The predicted molar refractivity (Wildman–Crippen MR) is 59.5 cm³/mol. The van der Waals surface area contributed by atoms with E-state index in [1.54, 1.807) is 18.2 Å². The molecule has 0 spiro atoms. The standard InChI is InChI=1S/C10H10FN3S/c1-2-12-10-14-13-9(15-10)7-5-3-4-6-8(7)11/h3-6H,2H2,1H3,(H,12,14). The number of aromatic nitrogens is 2. The summed E-state index contributed by atoms with van der Waals surface area (Å²) >= 11 is 1.35. The zero-order valence-corrected chi connectivity index (χ0v) is 9.01. The van der Waals surface area contributed by atoms with Crippen LogP contribution >= 0.6 is 11.3 Å². The Hall–Kier alpha value is -1.49. The van der Waals surface area contributed by atoms with E-state index < -0.39 is 0 Å². The average Bonchev–Trinajstić information content (AvgIpc) is 2.68. The molecule has 0 bridgehead atoms. The Morgan fingerprint density at radius 3 is 2.87 bits per heavy atom. The lowest BCUT2D eigenvalue weighted by molar-refractivity contribution is 0.631. The molecule has 0 unspecified atom stereocenters. The van der Waals surface area contributed by atoms with Crippen LogP contribution in [0.3, 0.4) is 0 Å². The van der Waals surface area contributed by atoms with E-state index in [9.17, 15) is 4.39 Å². The fourth-order valence-corrected chi connectivity index (χ4v) is 2.03. The van der Waals surface area contributed by atoms with Crippen LogP contribution in [-0.2, 0) is 0 Å². The highest BCUT2D eigenvalue weighted by atomic mass is 32.1. The number of hydrogen-bond donors (Lipinski definition) is 1. The van der Waals surface area contributed by atoms with Crippen LogP contribution in [0.15, 0.2) is 24.3 Å². The maximum atomic E-state index is 13.4. The minimum absolute atomic E-state index is 0.267. The number of rotatable bonds is 3. The van der Waals surface area contributed by atoms with Crippen molar-refractivity contribution in [3.8, 4) is 10.6 Å². The molecular weight excluding hydrogens is 213 g/mol. The molecular formula is C10H10FN3S. The molecule has 2 aromatic rings. The highest BCUT2D eigenvalue weighted by Crippen LogP contribution is 2.27. The van der Waals surface area contributed by atoms with Crippen LogP contribution in [-0.4, -0.2) is 16.7 Å². The van der Waals surface area contributed by atoms with E-state index in [1.807, 2.05) is 6.92 Å². The third kappa shape index (κ3) is 2.12. The van der Waals surface area contributed by atoms with Crippen molar-refractivity contribution in [3.63, 3.8) is 0 Å². The van der Waals surface area contributed by atoms with Gasteiger partial charge in [-0.15, -0.1) is 10.2 Å². The molecule has 0 aliphatic heterocycles. The van der Waals surface area contributed by atoms with Crippen molar-refractivity contribution in [2.75, 3.05) is 11.9 Å². The molecule has 0 radical (unpaired) electrons. The van der Waals surface area contributed by atoms with Gasteiger partial charge in [-0.25, -0.2) is 4.39 Å². The summed E-state index contributed by atoms with van der Waals surface area (Å²) in [6.07, 6.45) is 0. The number of anilines is 1. The zero-order chi connectivity index (χ0) is 10.7. The highest BCUT2D eigenvalue weighted by molar-refractivity contribution is 7.18. The van der Waals surface area contributed by atoms with Gasteiger partial charge in [0.25, 0.3) is 0 Å². The molecule has 0 saturated carbocycles. The summed E-state index contributed by atoms with van der Waals surface area (Å²) in [5.74, 6) is -0.267. The number of hydrogen-bond acceptors (Lipinski definition) is 4. The molecule has 0 amide bonds. The van der Waals surface area contributed by atoms with E-state index in [2.05, 4.69) is 15.5 Å². The first-order chi connectivity index (χ1) is 7.31. The van der Waals surface area contributed by atoms with Crippen molar-refractivity contribution < 1.29 is 4.39 Å². The van der Waals surface area contributed by atoms with Gasteiger partial charge in [-0.2, -0.15) is 0 Å². The van der Waals surface area contributed by atoms with Crippen LogP contribution in [0, 0.1) is 5.82 Å². The molecule has 1 heterocycles. The highest BCUT2D eigenvalue weighted by Gasteiger charge is 2.09. The van der Waals surface area contributed by atoms with Crippen LogP contribution in [0.25, 0.3) is 10.6 Å². The molecule has 0 fully saturated rings. The molecule has 2 rings (SSSR count). The number of nitrogens with zero attached hydrogens (tertiary/aromatic N) is 2. The number of nitrogens with one attached hydrogen (secondary N) is 1. The van der Waals surface area contributed by atoms with Gasteiger partial charge < -0.3 is 5.32 Å². The largest absolute Gasteiger partial charge is 0.360 e. The maximum absolute atomic E-state index is 13.4. The topological polar surface area (TPSA) is 37.8 Å². The fourth-order valence-electron chi connectivity index (χ4n) is 1.19. The van der Waals surface area contributed by atoms with Crippen molar-refractivity contribution >= 4 is 16.5 Å². The van der Waals surface area contributed by atoms with E-state index in [0.717, 1.165) is 11.7 Å². The molecule has 0 saturated heterocycles. The molecule has 5 heteroatoms. The van der Waals surface area contributed by atoms with Gasteiger partial charge in [-0.1, -0.05) is 23.5 Å². The Morgan fingerprint density at radius 1 is 1.33 bits per heavy atom. The van der Waals surface area contributed by atoms with Crippen molar-refractivity contribution in [3.05, 3.63) is 30.1 Å². The fraction of sp³-hybridized carbons (Fsp3) is 0.200. The Bertz CT molecular complexity index is 455. The van der Waals surface area contributed by atoms with Crippen molar-refractivity contribution in [1.82, 2.24) is 10.2 Å². The van der Waals surface area contributed by atoms with Crippen molar-refractivity contribution in [2.45, 2.75) is 6.92 Å². The molecule has 1 aromatic heterocycles. The lowest BCUT2D eigenvalue weighted by atomic mass is 10.2. The maximum Gasteiger partial charge on any atom is 0.205 e. The average molecular weight is 223 g/mol. The molecule has 0 atom stereocenters. The second-order valence-electron chi connectivity index (χ2n) is 2.92. The molecule has 1 N–H and O–H groups in total. The second-order valence-corrected chi connectivity index (χ2v) is 3.90. The molecule has 0 aliphatic rings. The summed E-state index contributed by atoms with van der Waals surface area (Å²) in [7, 11) is 0. The van der Waals surface area contributed by atoms with E-state index >= 15 is 0 Å². The zero-order valence-electron chi connectivity index (χ0n) is 8.20. The van der Waals surface area contributed by atoms with Crippen LogP contribution in [0.5, 0.6) is 0 Å². The normalized spacial score (nSPS) is 10.3. The monoisotopic (exact) mass is 223 g/mol. The van der Waals surface area contributed by atoms with Gasteiger partial charge in [0.2, 0.25) is 5.13 Å². The first kappa shape index (κ1) is 10.0. The van der Waals surface area contributed by atoms with Crippen LogP contribution in [0.1, 0.15) is 6.92 Å². The molecule has 1 aromatic carbocycles. The lowest BCUT2D eigenvalue weighted by Gasteiger charge is -1.95. The predicted octanol–water partition coefficient (Wildman–Crippen LogP) is 2.78. The molecule has 0 aliphatic carbocycles. The minimum Gasteiger partial charge on any atom is -0.360 e. The Morgan fingerprint density at radius 2 is 2.13 bits per heavy atom. The van der Waals surface area contributed by atoms with Crippen molar-refractivity contribution in [2.24, 2.45) is 0 Å². The van der Waals surface area contributed by atoms with E-state index in [1.165, 1.54) is 17.4 Å². The van der Waals surface area contributed by atoms with Gasteiger partial charge in [0.15, 0.2) is 5.01 Å². The summed E-state index contributed by atoms with van der Waals surface area (Å²) in [4.78, 5) is 0. The second kappa shape index (κ2) is 4.35. The third-order valence-electron chi connectivity index (χ3n) is 1.86. The van der Waals surface area contributed by atoms with E-state index in [4.69, 9.17) is 0 Å². The van der Waals surface area contributed by atoms with Gasteiger partial charge in [-0.05, 0) is 19.1 Å². The first-order valence-corrected chi connectivity index (χ1v) is 5.45. The minimum atomic E-state index is -0.267. The SMILES string of the molecule is CCNc1nnc(-c2ccccc2F)s1. The third-order valence-corrected chi connectivity index (χ3v) is 2.77. The summed E-state index contributed by atoms with van der Waals surface area (Å²) in [6.45, 7) is 2.76. The molecule has 78 valence electrons. The van der Waals surface area contributed by atoms with Crippen molar-refractivity contribution in [1.29, 1.82) is 0 Å². The van der Waals surface area contributed by atoms with Crippen LogP contribution in [0.2, 0.25) is 0 Å². The Balaban J connectivity index is 2.33. The Labute approximate surface area is 91.0 Å². The summed E-state index contributed by atoms with van der Waals surface area (Å²) < 4.78 is 13.4. The summed E-state index contributed by atoms with van der Waals surface area (Å²) in [5, 5.41) is 12.2. The quantitative estimate of drug-likeness (QED) is 0.869. The summed E-state index contributed by atoms with van der Waals surface area (Å²) in [6, 6.07) is 6.56. The van der Waals surface area contributed by atoms with Gasteiger partial charge in [-0.3, -0.25) is 0 Å².